The fraction of sp³-hybridized carbons (Fsp3) is 0.500. The zero-order valence-electron chi connectivity index (χ0n) is 11.0. The predicted molar refractivity (Wildman–Crippen MR) is 88.7 cm³/mol. The normalized spacial score (nSPS) is 20.6. The van der Waals surface area contributed by atoms with Gasteiger partial charge in [-0.15, -0.1) is 12.4 Å². The van der Waals surface area contributed by atoms with E-state index in [1.807, 2.05) is 36.1 Å². The van der Waals surface area contributed by atoms with Crippen LogP contribution in [0.5, 0.6) is 0 Å². The Hall–Kier alpha value is -0.330. The van der Waals surface area contributed by atoms with E-state index in [1.54, 1.807) is 0 Å². The molecule has 1 saturated heterocycles. The van der Waals surface area contributed by atoms with Crippen molar-refractivity contribution in [3.63, 3.8) is 0 Å². The number of nitrogens with two attached hydrogens (primary N) is 1. The molecule has 1 heterocycles. The second kappa shape index (κ2) is 7.45. The summed E-state index contributed by atoms with van der Waals surface area (Å²) < 4.78 is 1.15. The highest BCUT2D eigenvalue weighted by atomic mass is 127. The number of carbonyl (C=O) groups is 1. The van der Waals surface area contributed by atoms with Crippen LogP contribution >= 0.6 is 35.0 Å². The molecule has 0 bridgehead atoms. The van der Waals surface area contributed by atoms with E-state index in [-0.39, 0.29) is 24.4 Å². The second-order valence-corrected chi connectivity index (χ2v) is 6.27. The maximum Gasteiger partial charge on any atom is 0.253 e. The third kappa shape index (κ3) is 4.33. The minimum Gasteiger partial charge on any atom is -0.338 e. The van der Waals surface area contributed by atoms with Gasteiger partial charge in [-0.2, -0.15) is 0 Å². The van der Waals surface area contributed by atoms with E-state index in [4.69, 9.17) is 5.73 Å². The van der Waals surface area contributed by atoms with Gasteiger partial charge in [-0.25, -0.2) is 0 Å². The highest BCUT2D eigenvalue weighted by Gasteiger charge is 2.26. The minimum atomic E-state index is 0. The number of hydrogen-bond acceptors (Lipinski definition) is 2. The Morgan fingerprint density at radius 3 is 2.63 bits per heavy atom. The van der Waals surface area contributed by atoms with Crippen LogP contribution in [0.3, 0.4) is 0 Å². The molecule has 2 N–H and O–H groups in total. The van der Waals surface area contributed by atoms with Crippen LogP contribution in [0.15, 0.2) is 24.3 Å². The van der Waals surface area contributed by atoms with Crippen molar-refractivity contribution >= 4 is 40.9 Å². The molecule has 5 heteroatoms. The van der Waals surface area contributed by atoms with Crippen molar-refractivity contribution in [1.29, 1.82) is 0 Å². The van der Waals surface area contributed by atoms with Crippen molar-refractivity contribution in [2.24, 2.45) is 11.7 Å². The summed E-state index contributed by atoms with van der Waals surface area (Å²) in [5.41, 5.74) is 6.73. The Balaban J connectivity index is 0.00000180. The topological polar surface area (TPSA) is 46.3 Å². The summed E-state index contributed by atoms with van der Waals surface area (Å²) in [4.78, 5) is 14.3. The molecular weight excluding hydrogens is 375 g/mol. The predicted octanol–water partition coefficient (Wildman–Crippen LogP) is 2.91. The number of halogens is 2. The van der Waals surface area contributed by atoms with Crippen LogP contribution in [-0.2, 0) is 0 Å². The molecule has 1 aromatic carbocycles. The number of likely N-dealkylation sites (tertiary alicyclic amines) is 1. The van der Waals surface area contributed by atoms with Gasteiger partial charge < -0.3 is 10.6 Å². The maximum absolute atomic E-state index is 12.4. The van der Waals surface area contributed by atoms with E-state index in [0.29, 0.717) is 5.92 Å². The van der Waals surface area contributed by atoms with E-state index in [0.717, 1.165) is 35.1 Å². The quantitative estimate of drug-likeness (QED) is 0.784. The molecule has 2 unspecified atom stereocenters. The third-order valence-corrected chi connectivity index (χ3v) is 4.30. The van der Waals surface area contributed by atoms with Crippen LogP contribution < -0.4 is 5.73 Å². The van der Waals surface area contributed by atoms with Crippen LogP contribution in [0.2, 0.25) is 0 Å². The van der Waals surface area contributed by atoms with Crippen LogP contribution in [0.4, 0.5) is 0 Å². The van der Waals surface area contributed by atoms with Crippen LogP contribution in [0.1, 0.15) is 30.1 Å². The molecule has 2 atom stereocenters. The largest absolute Gasteiger partial charge is 0.338 e. The van der Waals surface area contributed by atoms with E-state index in [9.17, 15) is 4.79 Å². The number of rotatable bonds is 2. The molecule has 0 spiro atoms. The molecular formula is C14H20ClIN2O. The molecule has 1 aliphatic heterocycles. The van der Waals surface area contributed by atoms with Gasteiger partial charge in [-0.3, -0.25) is 4.79 Å². The molecule has 1 fully saturated rings. The average Bonchev–Trinajstić information content (AvgIpc) is 2.39. The highest BCUT2D eigenvalue weighted by molar-refractivity contribution is 14.1. The van der Waals surface area contributed by atoms with Crippen molar-refractivity contribution in [1.82, 2.24) is 4.90 Å². The zero-order chi connectivity index (χ0) is 13.1. The highest BCUT2D eigenvalue weighted by Crippen LogP contribution is 2.20. The Labute approximate surface area is 134 Å². The first-order chi connectivity index (χ1) is 8.58. The molecule has 0 saturated carbocycles. The minimum absolute atomic E-state index is 0. The first-order valence-corrected chi connectivity index (χ1v) is 7.46. The van der Waals surface area contributed by atoms with Gasteiger partial charge in [0.2, 0.25) is 0 Å². The Morgan fingerprint density at radius 2 is 2.05 bits per heavy atom. The van der Waals surface area contributed by atoms with Crippen LogP contribution in [0.25, 0.3) is 0 Å². The lowest BCUT2D eigenvalue weighted by molar-refractivity contribution is 0.0661. The smallest absolute Gasteiger partial charge is 0.253 e. The Kier molecular flexibility index (Phi) is 6.56. The monoisotopic (exact) mass is 394 g/mol. The standard InChI is InChI=1S/C14H19IN2O.ClH/c1-10(16)12-3-2-8-17(9-12)14(18)11-4-6-13(15)7-5-11;/h4-7,10,12H,2-3,8-9,16H2,1H3;1H. The number of benzene rings is 1. The number of amides is 1. The van der Waals surface area contributed by atoms with E-state index in [1.165, 1.54) is 0 Å². The second-order valence-electron chi connectivity index (χ2n) is 5.02. The first kappa shape index (κ1) is 16.7. The van der Waals surface area contributed by atoms with Crippen molar-refractivity contribution in [3.8, 4) is 0 Å². The number of piperidine rings is 1. The summed E-state index contributed by atoms with van der Waals surface area (Å²) in [6.45, 7) is 3.68. The molecule has 1 aromatic rings. The summed E-state index contributed by atoms with van der Waals surface area (Å²) in [5.74, 6) is 0.572. The van der Waals surface area contributed by atoms with Gasteiger partial charge in [0, 0.05) is 28.3 Å². The molecule has 19 heavy (non-hydrogen) atoms. The van der Waals surface area contributed by atoms with Gasteiger partial charge in [0.15, 0.2) is 0 Å². The van der Waals surface area contributed by atoms with Crippen molar-refractivity contribution in [2.45, 2.75) is 25.8 Å². The van der Waals surface area contributed by atoms with E-state index in [2.05, 4.69) is 22.6 Å². The van der Waals surface area contributed by atoms with E-state index < -0.39 is 0 Å². The van der Waals surface area contributed by atoms with Crippen molar-refractivity contribution in [3.05, 3.63) is 33.4 Å². The molecule has 0 aromatic heterocycles. The summed E-state index contributed by atoms with van der Waals surface area (Å²) >= 11 is 2.24. The average molecular weight is 395 g/mol. The summed E-state index contributed by atoms with van der Waals surface area (Å²) in [6, 6.07) is 7.91. The first-order valence-electron chi connectivity index (χ1n) is 6.38. The lowest BCUT2D eigenvalue weighted by Gasteiger charge is -2.34. The lowest BCUT2D eigenvalue weighted by Crippen LogP contribution is -2.45. The maximum atomic E-state index is 12.4. The molecule has 0 radical (unpaired) electrons. The van der Waals surface area contributed by atoms with Gasteiger partial charge in [-0.1, -0.05) is 0 Å². The molecule has 1 aliphatic rings. The molecule has 106 valence electrons. The van der Waals surface area contributed by atoms with Crippen molar-refractivity contribution < 1.29 is 4.79 Å². The van der Waals surface area contributed by atoms with Gasteiger partial charge in [0.1, 0.15) is 0 Å². The third-order valence-electron chi connectivity index (χ3n) is 3.58. The number of carbonyl (C=O) groups excluding carboxylic acids is 1. The van der Waals surface area contributed by atoms with Crippen molar-refractivity contribution in [2.75, 3.05) is 13.1 Å². The van der Waals surface area contributed by atoms with E-state index >= 15 is 0 Å². The summed E-state index contributed by atoms with van der Waals surface area (Å²) in [7, 11) is 0. The summed E-state index contributed by atoms with van der Waals surface area (Å²) in [6.07, 6.45) is 2.19. The Bertz CT molecular complexity index is 422. The number of hydrogen-bond donors (Lipinski definition) is 1. The van der Waals surface area contributed by atoms with Gasteiger partial charge in [0.05, 0.1) is 0 Å². The SMILES string of the molecule is CC(N)C1CCCN(C(=O)c2ccc(I)cc2)C1.Cl. The fourth-order valence-corrected chi connectivity index (χ4v) is 2.76. The van der Waals surface area contributed by atoms with Gasteiger partial charge in [-0.05, 0) is 72.5 Å². The molecule has 3 nitrogen and oxygen atoms in total. The zero-order valence-corrected chi connectivity index (χ0v) is 14.0. The lowest BCUT2D eigenvalue weighted by atomic mass is 9.92. The molecule has 2 rings (SSSR count). The Morgan fingerprint density at radius 1 is 1.42 bits per heavy atom. The van der Waals surface area contributed by atoms with Crippen LogP contribution in [-0.4, -0.2) is 29.9 Å². The summed E-state index contributed by atoms with van der Waals surface area (Å²) in [5, 5.41) is 0. The molecule has 1 amide bonds. The molecule has 0 aliphatic carbocycles. The van der Waals surface area contributed by atoms with Crippen LogP contribution in [0, 0.1) is 9.49 Å². The number of nitrogens with zero attached hydrogens (tertiary/aromatic N) is 1. The van der Waals surface area contributed by atoms with Gasteiger partial charge >= 0.3 is 0 Å². The fourth-order valence-electron chi connectivity index (χ4n) is 2.40. The van der Waals surface area contributed by atoms with Gasteiger partial charge in [0.25, 0.3) is 5.91 Å².